The van der Waals surface area contributed by atoms with Gasteiger partial charge in [0, 0.05) is 78.8 Å². The molecular weight excluding hydrogens is 462 g/mol. The van der Waals surface area contributed by atoms with Crippen LogP contribution in [0.5, 0.6) is 0 Å². The summed E-state index contributed by atoms with van der Waals surface area (Å²) in [6, 6.07) is 0.157. The van der Waals surface area contributed by atoms with E-state index in [9.17, 15) is 8.42 Å². The normalized spacial score (nSPS) is 20.4. The van der Waals surface area contributed by atoms with Gasteiger partial charge in [-0.25, -0.2) is 18.4 Å². The molecule has 10 nitrogen and oxygen atoms in total. The van der Waals surface area contributed by atoms with E-state index in [1.807, 2.05) is 12.5 Å². The summed E-state index contributed by atoms with van der Waals surface area (Å²) < 4.78 is 36.1. The van der Waals surface area contributed by atoms with Crippen molar-refractivity contribution in [2.24, 2.45) is 0 Å². The predicted octanol–water partition coefficient (Wildman–Crippen LogP) is 1.20. The van der Waals surface area contributed by atoms with Crippen molar-refractivity contribution in [3.8, 4) is 0 Å². The summed E-state index contributed by atoms with van der Waals surface area (Å²) in [5.74, 6) is 0. The lowest BCUT2D eigenvalue weighted by atomic mass is 10.1. The highest BCUT2D eigenvalue weighted by Crippen LogP contribution is 2.31. The third-order valence-corrected chi connectivity index (χ3v) is 9.97. The molecule has 2 saturated heterocycles. The molecule has 2 aliphatic rings. The van der Waals surface area contributed by atoms with Crippen LogP contribution in [0.3, 0.4) is 0 Å². The van der Waals surface area contributed by atoms with Crippen LogP contribution in [0.1, 0.15) is 25.1 Å². The van der Waals surface area contributed by atoms with E-state index in [2.05, 4.69) is 43.2 Å². The van der Waals surface area contributed by atoms with Crippen LogP contribution < -0.4 is 4.90 Å². The zero-order chi connectivity index (χ0) is 23.4. The van der Waals surface area contributed by atoms with Crippen LogP contribution in [-0.2, 0) is 21.3 Å². The van der Waals surface area contributed by atoms with Gasteiger partial charge in [0.1, 0.15) is 0 Å². The number of likely N-dealkylation sites (N-methyl/N-ethyl adjacent to an activating group) is 1. The van der Waals surface area contributed by atoms with Crippen molar-refractivity contribution in [2.75, 3.05) is 78.0 Å². The van der Waals surface area contributed by atoms with E-state index in [-0.39, 0.29) is 6.04 Å². The van der Waals surface area contributed by atoms with Gasteiger partial charge in [-0.2, -0.15) is 4.31 Å². The number of thiazole rings is 1. The minimum atomic E-state index is -3.54. The Morgan fingerprint density at radius 3 is 2.48 bits per heavy atom. The van der Waals surface area contributed by atoms with Gasteiger partial charge in [0.15, 0.2) is 9.34 Å². The fourth-order valence-corrected chi connectivity index (χ4v) is 7.26. The van der Waals surface area contributed by atoms with Crippen molar-refractivity contribution < 1.29 is 13.2 Å². The van der Waals surface area contributed by atoms with Crippen LogP contribution in [0.2, 0.25) is 0 Å². The second kappa shape index (κ2) is 10.8. The molecule has 0 amide bonds. The number of aryl methyl sites for hydroxylation is 1. The van der Waals surface area contributed by atoms with E-state index in [4.69, 9.17) is 4.74 Å². The lowest BCUT2D eigenvalue weighted by Gasteiger charge is -2.38. The SMILES string of the molecule is CCn1cncc1C(CCOC)N1CCN(S(=O)(=O)c2cnc(N3CCN(C)CC3)s2)CC1. The number of anilines is 1. The second-order valence-corrected chi connectivity index (χ2v) is 11.8. The average molecular weight is 498 g/mol. The Bertz CT molecular complexity index is 993. The molecule has 33 heavy (non-hydrogen) atoms. The number of hydrogen-bond donors (Lipinski definition) is 0. The molecule has 2 fully saturated rings. The monoisotopic (exact) mass is 497 g/mol. The molecule has 184 valence electrons. The zero-order valence-corrected chi connectivity index (χ0v) is 21.4. The van der Waals surface area contributed by atoms with E-state index in [1.54, 1.807) is 11.4 Å². The van der Waals surface area contributed by atoms with E-state index in [1.165, 1.54) is 17.5 Å². The van der Waals surface area contributed by atoms with E-state index >= 15 is 0 Å². The molecule has 0 spiro atoms. The summed E-state index contributed by atoms with van der Waals surface area (Å²) >= 11 is 1.29. The molecule has 0 aliphatic carbocycles. The highest BCUT2D eigenvalue weighted by molar-refractivity contribution is 7.91. The highest BCUT2D eigenvalue weighted by Gasteiger charge is 2.34. The van der Waals surface area contributed by atoms with Crippen LogP contribution in [-0.4, -0.2) is 110 Å². The number of ether oxygens (including phenoxy) is 1. The molecule has 1 unspecified atom stereocenters. The van der Waals surface area contributed by atoms with Gasteiger partial charge in [0.2, 0.25) is 0 Å². The van der Waals surface area contributed by atoms with Crippen molar-refractivity contribution in [2.45, 2.75) is 30.1 Å². The van der Waals surface area contributed by atoms with Gasteiger partial charge in [-0.05, 0) is 20.4 Å². The Hall–Kier alpha value is -1.57. The lowest BCUT2D eigenvalue weighted by molar-refractivity contribution is 0.0975. The van der Waals surface area contributed by atoms with Gasteiger partial charge in [0.05, 0.1) is 24.3 Å². The minimum absolute atomic E-state index is 0.157. The van der Waals surface area contributed by atoms with E-state index in [0.717, 1.165) is 50.0 Å². The Morgan fingerprint density at radius 2 is 1.82 bits per heavy atom. The number of nitrogens with zero attached hydrogens (tertiary/aromatic N) is 7. The number of hydrogen-bond acceptors (Lipinski definition) is 9. The molecule has 0 bridgehead atoms. The van der Waals surface area contributed by atoms with Crippen molar-refractivity contribution in [1.29, 1.82) is 0 Å². The number of aromatic nitrogens is 3. The highest BCUT2D eigenvalue weighted by atomic mass is 32.2. The minimum Gasteiger partial charge on any atom is -0.385 e. The molecule has 0 N–H and O–H groups in total. The summed E-state index contributed by atoms with van der Waals surface area (Å²) in [6.45, 7) is 9.56. The summed E-state index contributed by atoms with van der Waals surface area (Å²) in [6.07, 6.45) is 6.15. The maximum Gasteiger partial charge on any atom is 0.254 e. The maximum absolute atomic E-state index is 13.3. The van der Waals surface area contributed by atoms with Crippen molar-refractivity contribution in [3.05, 3.63) is 24.4 Å². The topological polar surface area (TPSA) is 87.0 Å². The first-order valence-corrected chi connectivity index (χ1v) is 13.8. The van der Waals surface area contributed by atoms with Gasteiger partial charge >= 0.3 is 0 Å². The predicted molar refractivity (Wildman–Crippen MR) is 129 cm³/mol. The summed E-state index contributed by atoms with van der Waals surface area (Å²) in [4.78, 5) is 15.6. The Labute approximate surface area is 200 Å². The van der Waals surface area contributed by atoms with Crippen LogP contribution in [0.25, 0.3) is 0 Å². The van der Waals surface area contributed by atoms with Crippen LogP contribution in [0.15, 0.2) is 22.9 Å². The van der Waals surface area contributed by atoms with E-state index in [0.29, 0.717) is 37.0 Å². The average Bonchev–Trinajstić information content (AvgIpc) is 3.51. The first-order valence-electron chi connectivity index (χ1n) is 11.6. The number of sulfonamides is 1. The van der Waals surface area contributed by atoms with Crippen LogP contribution in [0, 0.1) is 0 Å². The van der Waals surface area contributed by atoms with Gasteiger partial charge in [-0.1, -0.05) is 11.3 Å². The van der Waals surface area contributed by atoms with Gasteiger partial charge in [-0.15, -0.1) is 0 Å². The first-order chi connectivity index (χ1) is 15.9. The smallest absolute Gasteiger partial charge is 0.254 e. The van der Waals surface area contributed by atoms with Crippen molar-refractivity contribution in [3.63, 3.8) is 0 Å². The molecule has 4 rings (SSSR count). The third kappa shape index (κ3) is 5.41. The molecule has 4 heterocycles. The molecule has 2 aromatic heterocycles. The van der Waals surface area contributed by atoms with E-state index < -0.39 is 10.0 Å². The molecule has 0 aromatic carbocycles. The number of rotatable bonds is 9. The molecule has 2 aromatic rings. The van der Waals surface area contributed by atoms with Gasteiger partial charge in [-0.3, -0.25) is 4.90 Å². The fourth-order valence-electron chi connectivity index (χ4n) is 4.52. The van der Waals surface area contributed by atoms with Crippen molar-refractivity contribution >= 4 is 26.5 Å². The van der Waals surface area contributed by atoms with Gasteiger partial charge in [0.25, 0.3) is 10.0 Å². The lowest BCUT2D eigenvalue weighted by Crippen LogP contribution is -2.49. The number of imidazole rings is 1. The Kier molecular flexibility index (Phi) is 8.03. The largest absolute Gasteiger partial charge is 0.385 e. The molecule has 0 radical (unpaired) electrons. The molecular formula is C21H35N7O3S2. The molecule has 12 heteroatoms. The Morgan fingerprint density at radius 1 is 1.09 bits per heavy atom. The quantitative estimate of drug-likeness (QED) is 0.511. The van der Waals surface area contributed by atoms with Crippen molar-refractivity contribution in [1.82, 2.24) is 28.6 Å². The molecule has 2 aliphatic heterocycles. The number of piperazine rings is 2. The standard InChI is InChI=1S/C21H35N7O3S2/c1-4-25-17-22-15-19(25)18(5-14-31-3)26-10-12-28(13-11-26)33(29,30)20-16-23-21(32-20)27-8-6-24(2)7-9-27/h15-18H,4-14H2,1-3H3. The summed E-state index contributed by atoms with van der Waals surface area (Å²) in [5, 5.41) is 0.799. The number of methoxy groups -OCH3 is 1. The van der Waals surface area contributed by atoms with Crippen LogP contribution in [0.4, 0.5) is 5.13 Å². The fraction of sp³-hybridized carbons (Fsp3) is 0.714. The molecule has 0 saturated carbocycles. The van der Waals surface area contributed by atoms with Gasteiger partial charge < -0.3 is 19.1 Å². The zero-order valence-electron chi connectivity index (χ0n) is 19.8. The maximum atomic E-state index is 13.3. The summed E-state index contributed by atoms with van der Waals surface area (Å²) in [5.41, 5.74) is 1.16. The van der Waals surface area contributed by atoms with Crippen LogP contribution >= 0.6 is 11.3 Å². The Balaban J connectivity index is 1.42. The summed E-state index contributed by atoms with van der Waals surface area (Å²) in [7, 11) is 0.274. The second-order valence-electron chi connectivity index (χ2n) is 8.59. The third-order valence-electron chi connectivity index (χ3n) is 6.58. The first kappa shape index (κ1) is 24.6. The molecule has 1 atom stereocenters.